The van der Waals surface area contributed by atoms with Crippen molar-refractivity contribution in [2.45, 2.75) is 6.61 Å². The van der Waals surface area contributed by atoms with Crippen LogP contribution in [-0.2, 0) is 6.61 Å². The maximum Gasteiger partial charge on any atom is 0.171 e. The number of benzene rings is 2. The van der Waals surface area contributed by atoms with Gasteiger partial charge < -0.3 is 9.47 Å². The third-order valence-electron chi connectivity index (χ3n) is 2.71. The predicted molar refractivity (Wildman–Crippen MR) is 73.6 cm³/mol. The molecule has 1 radical (unpaired) electrons. The van der Waals surface area contributed by atoms with Gasteiger partial charge in [0, 0.05) is 0 Å². The Morgan fingerprint density at radius 1 is 1.21 bits per heavy atom. The molecule has 2 rings (SSSR count). The van der Waals surface area contributed by atoms with Crippen LogP contribution in [-0.4, -0.2) is 13.4 Å². The summed E-state index contributed by atoms with van der Waals surface area (Å²) in [4.78, 5) is 11.0. The van der Waals surface area contributed by atoms with Crippen LogP contribution in [0.25, 0.3) is 0 Å². The number of hydrogen-bond acceptors (Lipinski definition) is 3. The summed E-state index contributed by atoms with van der Waals surface area (Å²) in [5, 5.41) is 0. The quantitative estimate of drug-likeness (QED) is 0.769. The summed E-state index contributed by atoms with van der Waals surface area (Å²) < 4.78 is 10.9. The van der Waals surface area contributed by atoms with Crippen LogP contribution in [0.4, 0.5) is 0 Å². The Kier molecular flexibility index (Phi) is 4.18. The normalized spacial score (nSPS) is 10.0. The summed E-state index contributed by atoms with van der Waals surface area (Å²) in [6.45, 7) is 4.24. The lowest BCUT2D eigenvalue weighted by atomic mass is 10.1. The van der Waals surface area contributed by atoms with Crippen molar-refractivity contribution < 1.29 is 14.3 Å². The molecular formula is C16H15O3. The van der Waals surface area contributed by atoms with Crippen LogP contribution in [0.15, 0.2) is 42.5 Å². The summed E-state index contributed by atoms with van der Waals surface area (Å²) in [5.41, 5.74) is 2.20. The molecule has 0 atom stereocenters. The Labute approximate surface area is 112 Å². The van der Waals surface area contributed by atoms with E-state index in [1.54, 1.807) is 12.1 Å². The summed E-state index contributed by atoms with van der Waals surface area (Å²) >= 11 is 0. The van der Waals surface area contributed by atoms with Gasteiger partial charge in [-0.3, -0.25) is 4.79 Å². The van der Waals surface area contributed by atoms with Gasteiger partial charge >= 0.3 is 0 Å². The Balaban J connectivity index is 2.24. The minimum absolute atomic E-state index is 0.416. The lowest BCUT2D eigenvalue weighted by molar-refractivity contribution is 0.111. The molecule has 3 nitrogen and oxygen atoms in total. The van der Waals surface area contributed by atoms with Gasteiger partial charge in [-0.15, -0.1) is 0 Å². The van der Waals surface area contributed by atoms with E-state index in [1.807, 2.05) is 30.3 Å². The van der Waals surface area contributed by atoms with Crippen LogP contribution in [0.3, 0.4) is 0 Å². The van der Waals surface area contributed by atoms with Crippen LogP contribution in [0, 0.1) is 6.92 Å². The maximum atomic E-state index is 11.0. The second-order valence-electron chi connectivity index (χ2n) is 4.11. The number of carbonyl (C=O) groups is 1. The molecule has 97 valence electrons. The highest BCUT2D eigenvalue weighted by molar-refractivity contribution is 5.81. The molecule has 0 fully saturated rings. The second kappa shape index (κ2) is 6.05. The van der Waals surface area contributed by atoms with E-state index < -0.39 is 0 Å². The largest absolute Gasteiger partial charge is 0.492 e. The van der Waals surface area contributed by atoms with Gasteiger partial charge in [0.2, 0.25) is 0 Å². The van der Waals surface area contributed by atoms with Crippen molar-refractivity contribution >= 4 is 6.29 Å². The third-order valence-corrected chi connectivity index (χ3v) is 2.71. The molecule has 0 aliphatic rings. The number of hydrogen-bond donors (Lipinski definition) is 0. The summed E-state index contributed by atoms with van der Waals surface area (Å²) in [5.74, 6) is 0.972. The minimum Gasteiger partial charge on any atom is -0.492 e. The fourth-order valence-electron chi connectivity index (χ4n) is 1.83. The zero-order chi connectivity index (χ0) is 13.7. The van der Waals surface area contributed by atoms with Crippen molar-refractivity contribution in [1.29, 1.82) is 0 Å². The topological polar surface area (TPSA) is 35.5 Å². The number of carbonyl (C=O) groups excluding carboxylic acids is 1. The van der Waals surface area contributed by atoms with Gasteiger partial charge in [0.15, 0.2) is 17.8 Å². The first-order chi connectivity index (χ1) is 9.24. The van der Waals surface area contributed by atoms with Crippen molar-refractivity contribution in [2.75, 3.05) is 7.11 Å². The van der Waals surface area contributed by atoms with E-state index in [1.165, 1.54) is 7.11 Å². The molecule has 0 heterocycles. The highest BCUT2D eigenvalue weighted by atomic mass is 16.5. The Hall–Kier alpha value is -2.29. The van der Waals surface area contributed by atoms with Crippen LogP contribution in [0.1, 0.15) is 21.5 Å². The van der Waals surface area contributed by atoms with Crippen molar-refractivity contribution in [1.82, 2.24) is 0 Å². The summed E-state index contributed by atoms with van der Waals surface area (Å²) in [6, 6.07) is 13.2. The van der Waals surface area contributed by atoms with Crippen molar-refractivity contribution in [3.05, 3.63) is 66.1 Å². The zero-order valence-electron chi connectivity index (χ0n) is 10.8. The highest BCUT2D eigenvalue weighted by Gasteiger charge is 2.11. The van der Waals surface area contributed by atoms with Crippen molar-refractivity contribution in [2.24, 2.45) is 0 Å². The molecular weight excluding hydrogens is 240 g/mol. The van der Waals surface area contributed by atoms with Gasteiger partial charge in [0.05, 0.1) is 12.7 Å². The number of ether oxygens (including phenoxy) is 2. The fourth-order valence-corrected chi connectivity index (χ4v) is 1.83. The Morgan fingerprint density at radius 3 is 2.58 bits per heavy atom. The lowest BCUT2D eigenvalue weighted by Gasteiger charge is -2.13. The molecule has 2 aromatic carbocycles. The second-order valence-corrected chi connectivity index (χ2v) is 4.11. The van der Waals surface area contributed by atoms with E-state index in [4.69, 9.17) is 9.47 Å². The smallest absolute Gasteiger partial charge is 0.171 e. The van der Waals surface area contributed by atoms with E-state index in [-0.39, 0.29) is 0 Å². The molecule has 0 unspecified atom stereocenters. The molecule has 0 saturated heterocycles. The average molecular weight is 255 g/mol. The first kappa shape index (κ1) is 13.1. The van der Waals surface area contributed by atoms with E-state index in [2.05, 4.69) is 6.92 Å². The minimum atomic E-state index is 0.416. The number of methoxy groups -OCH3 is 1. The van der Waals surface area contributed by atoms with Crippen molar-refractivity contribution in [3.8, 4) is 11.5 Å². The Bertz CT molecular complexity index is 562. The first-order valence-electron chi connectivity index (χ1n) is 5.90. The first-order valence-corrected chi connectivity index (χ1v) is 5.90. The van der Waals surface area contributed by atoms with Crippen LogP contribution in [0.5, 0.6) is 11.5 Å². The molecule has 19 heavy (non-hydrogen) atoms. The molecule has 0 saturated carbocycles. The zero-order valence-corrected chi connectivity index (χ0v) is 10.8. The van der Waals surface area contributed by atoms with E-state index in [0.29, 0.717) is 29.2 Å². The molecule has 0 aliphatic carbocycles. The third kappa shape index (κ3) is 3.13. The predicted octanol–water partition coefficient (Wildman–Crippen LogP) is 3.27. The van der Waals surface area contributed by atoms with Crippen LogP contribution >= 0.6 is 0 Å². The fraction of sp³-hybridized carbons (Fsp3) is 0.125. The van der Waals surface area contributed by atoms with Gasteiger partial charge in [-0.25, -0.2) is 0 Å². The average Bonchev–Trinajstić information content (AvgIpc) is 2.45. The van der Waals surface area contributed by atoms with Crippen LogP contribution < -0.4 is 9.47 Å². The molecule has 0 aromatic heterocycles. The molecule has 0 aliphatic heterocycles. The molecule has 3 heteroatoms. The van der Waals surface area contributed by atoms with Gasteiger partial charge in [0.1, 0.15) is 6.61 Å². The van der Waals surface area contributed by atoms with Crippen LogP contribution in [0.2, 0.25) is 0 Å². The summed E-state index contributed by atoms with van der Waals surface area (Å²) in [7, 11) is 1.51. The number of rotatable bonds is 5. The lowest BCUT2D eigenvalue weighted by Crippen LogP contribution is -2.00. The monoisotopic (exact) mass is 255 g/mol. The SMILES string of the molecule is [CH2]c1cc(C=O)c(OC)c(OCc2ccccc2)c1. The standard InChI is InChI=1S/C16H15O3/c1-12-8-14(10-17)16(18-2)15(9-12)19-11-13-6-4-3-5-7-13/h3-10H,1,11H2,2H3. The van der Waals surface area contributed by atoms with E-state index in [9.17, 15) is 4.79 Å². The van der Waals surface area contributed by atoms with Gasteiger partial charge in [0.25, 0.3) is 0 Å². The van der Waals surface area contributed by atoms with E-state index >= 15 is 0 Å². The van der Waals surface area contributed by atoms with Gasteiger partial charge in [-0.1, -0.05) is 30.3 Å². The summed E-state index contributed by atoms with van der Waals surface area (Å²) in [6.07, 6.45) is 0.739. The maximum absolute atomic E-state index is 11.0. The molecule has 0 spiro atoms. The van der Waals surface area contributed by atoms with Crippen molar-refractivity contribution in [3.63, 3.8) is 0 Å². The molecule has 0 amide bonds. The van der Waals surface area contributed by atoms with Gasteiger partial charge in [-0.05, 0) is 30.2 Å². The highest BCUT2D eigenvalue weighted by Crippen LogP contribution is 2.32. The molecule has 0 N–H and O–H groups in total. The molecule has 2 aromatic rings. The molecule has 0 bridgehead atoms. The Morgan fingerprint density at radius 2 is 1.95 bits per heavy atom. The van der Waals surface area contributed by atoms with Gasteiger partial charge in [-0.2, -0.15) is 0 Å². The van der Waals surface area contributed by atoms with E-state index in [0.717, 1.165) is 11.8 Å². The number of aldehydes is 1.